The molecule has 6 heteroatoms. The topological polar surface area (TPSA) is 88.5 Å². The van der Waals surface area contributed by atoms with E-state index in [2.05, 4.69) is 15.0 Å². The van der Waals surface area contributed by atoms with Gasteiger partial charge in [0.1, 0.15) is 11.4 Å². The highest BCUT2D eigenvalue weighted by molar-refractivity contribution is 5.94. The van der Waals surface area contributed by atoms with Gasteiger partial charge in [-0.3, -0.25) is 4.79 Å². The largest absolute Gasteiger partial charge is 0.481 e. The van der Waals surface area contributed by atoms with Gasteiger partial charge in [-0.05, 0) is 18.6 Å². The molecule has 2 N–H and O–H groups in total. The third-order valence-electron chi connectivity index (χ3n) is 2.07. The lowest BCUT2D eigenvalue weighted by molar-refractivity contribution is -0.137. The molecule has 0 spiro atoms. The van der Waals surface area contributed by atoms with Crippen LogP contribution in [-0.2, 0) is 9.53 Å². The fourth-order valence-corrected chi connectivity index (χ4v) is 1.27. The van der Waals surface area contributed by atoms with Crippen LogP contribution in [0.15, 0.2) is 18.3 Å². The van der Waals surface area contributed by atoms with Gasteiger partial charge in [-0.1, -0.05) is 0 Å². The zero-order valence-electron chi connectivity index (χ0n) is 9.47. The number of aliphatic carboxylic acids is 1. The summed E-state index contributed by atoms with van der Waals surface area (Å²) < 4.78 is 4.61. The number of esters is 1. The van der Waals surface area contributed by atoms with E-state index in [1.54, 1.807) is 18.3 Å². The van der Waals surface area contributed by atoms with E-state index in [9.17, 15) is 9.59 Å². The minimum absolute atomic E-state index is 0.0768. The number of aromatic nitrogens is 1. The summed E-state index contributed by atoms with van der Waals surface area (Å²) in [4.78, 5) is 25.7. The van der Waals surface area contributed by atoms with Crippen LogP contribution in [-0.4, -0.2) is 35.7 Å². The van der Waals surface area contributed by atoms with Crippen LogP contribution in [0.1, 0.15) is 23.2 Å². The second kappa shape index (κ2) is 6.47. The molecule has 92 valence electrons. The van der Waals surface area contributed by atoms with E-state index in [1.807, 2.05) is 0 Å². The van der Waals surface area contributed by atoms with Crippen LogP contribution in [0.3, 0.4) is 0 Å². The number of nitrogens with one attached hydrogen (secondary N) is 1. The number of carboxylic acids is 1. The Morgan fingerprint density at radius 2 is 2.29 bits per heavy atom. The SMILES string of the molecule is COC(=O)c1cccnc1NCCCC(=O)O. The molecule has 0 unspecified atom stereocenters. The zero-order chi connectivity index (χ0) is 12.7. The van der Waals surface area contributed by atoms with Crippen LogP contribution in [0.2, 0.25) is 0 Å². The van der Waals surface area contributed by atoms with Gasteiger partial charge < -0.3 is 15.2 Å². The molecule has 0 amide bonds. The van der Waals surface area contributed by atoms with Crippen LogP contribution in [0.25, 0.3) is 0 Å². The Morgan fingerprint density at radius 3 is 2.94 bits per heavy atom. The first-order valence-electron chi connectivity index (χ1n) is 5.14. The molecule has 0 bridgehead atoms. The van der Waals surface area contributed by atoms with Crippen LogP contribution < -0.4 is 5.32 Å². The smallest absolute Gasteiger partial charge is 0.341 e. The van der Waals surface area contributed by atoms with E-state index >= 15 is 0 Å². The second-order valence-electron chi connectivity index (χ2n) is 3.32. The Hall–Kier alpha value is -2.11. The van der Waals surface area contributed by atoms with Crippen molar-refractivity contribution in [2.24, 2.45) is 0 Å². The van der Waals surface area contributed by atoms with Crippen molar-refractivity contribution in [2.45, 2.75) is 12.8 Å². The van der Waals surface area contributed by atoms with Crippen molar-refractivity contribution < 1.29 is 19.4 Å². The lowest BCUT2D eigenvalue weighted by atomic mass is 10.2. The standard InChI is InChI=1S/C11H14N2O4/c1-17-11(16)8-4-2-6-12-10(8)13-7-3-5-9(14)15/h2,4,6H,3,5,7H2,1H3,(H,12,13)(H,14,15). The van der Waals surface area contributed by atoms with Crippen LogP contribution >= 0.6 is 0 Å². The van der Waals surface area contributed by atoms with Gasteiger partial charge >= 0.3 is 11.9 Å². The summed E-state index contributed by atoms with van der Waals surface area (Å²) in [6.45, 7) is 0.438. The maximum absolute atomic E-state index is 11.4. The van der Waals surface area contributed by atoms with Gasteiger partial charge in [0, 0.05) is 19.2 Å². The lowest BCUT2D eigenvalue weighted by Gasteiger charge is -2.08. The molecule has 0 fully saturated rings. The predicted octanol–water partition coefficient (Wildman–Crippen LogP) is 1.14. The molecule has 0 aliphatic heterocycles. The predicted molar refractivity (Wildman–Crippen MR) is 60.9 cm³/mol. The van der Waals surface area contributed by atoms with Crippen molar-refractivity contribution in [3.63, 3.8) is 0 Å². The molecule has 0 radical (unpaired) electrons. The molecule has 0 atom stereocenters. The van der Waals surface area contributed by atoms with Crippen molar-refractivity contribution in [1.29, 1.82) is 0 Å². The van der Waals surface area contributed by atoms with Gasteiger partial charge in [0.2, 0.25) is 0 Å². The van der Waals surface area contributed by atoms with Crippen LogP contribution in [0, 0.1) is 0 Å². The Morgan fingerprint density at radius 1 is 1.53 bits per heavy atom. The first-order chi connectivity index (χ1) is 8.15. The van der Waals surface area contributed by atoms with E-state index in [0.717, 1.165) is 0 Å². The maximum atomic E-state index is 11.4. The molecule has 0 saturated heterocycles. The Kier molecular flexibility index (Phi) is 4.93. The summed E-state index contributed by atoms with van der Waals surface area (Å²) in [6, 6.07) is 3.23. The minimum atomic E-state index is -0.846. The van der Waals surface area contributed by atoms with Gasteiger partial charge in [0.05, 0.1) is 7.11 Å². The number of carboxylic acid groups (broad SMARTS) is 1. The quantitative estimate of drug-likeness (QED) is 0.570. The van der Waals surface area contributed by atoms with Gasteiger partial charge in [0.15, 0.2) is 0 Å². The average molecular weight is 238 g/mol. The molecule has 0 aliphatic rings. The van der Waals surface area contributed by atoms with E-state index < -0.39 is 11.9 Å². The van der Waals surface area contributed by atoms with Crippen LogP contribution in [0.4, 0.5) is 5.82 Å². The molecule has 17 heavy (non-hydrogen) atoms. The molecule has 0 aromatic carbocycles. The number of anilines is 1. The van der Waals surface area contributed by atoms with Crippen molar-refractivity contribution in [2.75, 3.05) is 19.0 Å². The number of carbonyl (C=O) groups is 2. The van der Waals surface area contributed by atoms with E-state index in [4.69, 9.17) is 5.11 Å². The third-order valence-corrected chi connectivity index (χ3v) is 2.07. The maximum Gasteiger partial charge on any atom is 0.341 e. The summed E-state index contributed by atoms with van der Waals surface area (Å²) in [5, 5.41) is 11.4. The highest BCUT2D eigenvalue weighted by Crippen LogP contribution is 2.12. The van der Waals surface area contributed by atoms with Crippen molar-refractivity contribution >= 4 is 17.8 Å². The Labute approximate surface area is 98.6 Å². The first kappa shape index (κ1) is 13.0. The van der Waals surface area contributed by atoms with Gasteiger partial charge in [-0.2, -0.15) is 0 Å². The number of ether oxygens (including phenoxy) is 1. The number of pyridine rings is 1. The zero-order valence-corrected chi connectivity index (χ0v) is 9.47. The third kappa shape index (κ3) is 4.10. The number of rotatable bonds is 6. The van der Waals surface area contributed by atoms with Crippen molar-refractivity contribution in [3.8, 4) is 0 Å². The number of nitrogens with zero attached hydrogens (tertiary/aromatic N) is 1. The fourth-order valence-electron chi connectivity index (χ4n) is 1.27. The average Bonchev–Trinajstić information content (AvgIpc) is 2.34. The highest BCUT2D eigenvalue weighted by atomic mass is 16.5. The molecule has 0 saturated carbocycles. The Balaban J connectivity index is 2.58. The molecule has 1 aromatic rings. The summed E-state index contributed by atoms with van der Waals surface area (Å²) in [5.41, 5.74) is 0.338. The Bertz CT molecular complexity index is 406. The number of methoxy groups -OCH3 is 1. The monoisotopic (exact) mass is 238 g/mol. The minimum Gasteiger partial charge on any atom is -0.481 e. The summed E-state index contributed by atoms with van der Waals surface area (Å²) in [7, 11) is 1.30. The van der Waals surface area contributed by atoms with Crippen molar-refractivity contribution in [3.05, 3.63) is 23.9 Å². The molecule has 6 nitrogen and oxygen atoms in total. The lowest BCUT2D eigenvalue weighted by Crippen LogP contribution is -2.11. The number of carbonyl (C=O) groups excluding carboxylic acids is 1. The molecule has 1 rings (SSSR count). The molecule has 0 aliphatic carbocycles. The van der Waals surface area contributed by atoms with Gasteiger partial charge in [-0.15, -0.1) is 0 Å². The fraction of sp³-hybridized carbons (Fsp3) is 0.364. The highest BCUT2D eigenvalue weighted by Gasteiger charge is 2.11. The number of hydrogen-bond acceptors (Lipinski definition) is 5. The van der Waals surface area contributed by atoms with E-state index in [0.29, 0.717) is 24.3 Å². The molecular weight excluding hydrogens is 224 g/mol. The second-order valence-corrected chi connectivity index (χ2v) is 3.32. The molecular formula is C11H14N2O4. The molecule has 1 aromatic heterocycles. The van der Waals surface area contributed by atoms with Crippen molar-refractivity contribution in [1.82, 2.24) is 4.98 Å². The molecule has 1 heterocycles. The van der Waals surface area contributed by atoms with Gasteiger partial charge in [0.25, 0.3) is 0 Å². The van der Waals surface area contributed by atoms with Crippen LogP contribution in [0.5, 0.6) is 0 Å². The van der Waals surface area contributed by atoms with Gasteiger partial charge in [-0.25, -0.2) is 9.78 Å². The summed E-state index contributed by atoms with van der Waals surface area (Å²) in [5.74, 6) is -0.912. The summed E-state index contributed by atoms with van der Waals surface area (Å²) in [6.07, 6.45) is 2.09. The normalized spacial score (nSPS) is 9.71. The summed E-state index contributed by atoms with van der Waals surface area (Å²) >= 11 is 0. The number of hydrogen-bond donors (Lipinski definition) is 2. The first-order valence-corrected chi connectivity index (χ1v) is 5.14. The van der Waals surface area contributed by atoms with E-state index in [1.165, 1.54) is 7.11 Å². The van der Waals surface area contributed by atoms with E-state index in [-0.39, 0.29) is 6.42 Å².